The normalized spacial score (nSPS) is 30.7. The summed E-state index contributed by atoms with van der Waals surface area (Å²) in [5, 5.41) is 75.5. The largest absolute Gasteiger partial charge is 0.394 e. The molecular weight excluding hydrogens is 1920 g/mol. The highest BCUT2D eigenvalue weighted by Crippen LogP contribution is 2.46. The van der Waals surface area contributed by atoms with Gasteiger partial charge in [0.25, 0.3) is 0 Å². The lowest BCUT2D eigenvalue weighted by Crippen LogP contribution is -2.70. The SMILES string of the molecule is OC[C@H]1O[C@@H]2O[C@H]3[C@H](OCc4ccccc4)[C@@H](OCc4ccccc4)[C@@H](O[C@H]4[C@H](OCc5ccccc5)[C@@H](OCc5ccccc5)[C@@H](O[C@H]5[C@H](OCc6ccccc6)[C@@H](OCc6ccccc6)[C@@H](O[C@H]6[C@H](OCc7ccccc7)[C@@H](OCc7ccccc7)[C@@H](O[C@H]7[C@H](OCc8ccccc8)[C@@H](OCc8ccccc8)[C@@H](O[C@H]1[C@H](OCc1ccccc1)[C@@H]2OCc1ccccc1)O[C@@H]7CO)O[C@@H]6CO)O[C@@H]5CO)O[C@@H]4CO)O[C@@H]3CO. The van der Waals surface area contributed by atoms with Gasteiger partial charge in [0.1, 0.15) is 146 Å². The molecule has 0 amide bonds. The fourth-order valence-corrected chi connectivity index (χ4v) is 20.1. The molecule has 0 aliphatic carbocycles. The van der Waals surface area contributed by atoms with Crippen molar-refractivity contribution in [3.05, 3.63) is 431 Å². The van der Waals surface area contributed by atoms with Crippen LogP contribution >= 0.6 is 0 Å². The third kappa shape index (κ3) is 28.2. The second kappa shape index (κ2) is 55.3. The van der Waals surface area contributed by atoms with Crippen LogP contribution in [-0.2, 0) is 193 Å². The molecule has 12 aromatic carbocycles. The van der Waals surface area contributed by atoms with Crippen LogP contribution in [0, 0.1) is 0 Å². The average Bonchev–Trinajstić information content (AvgIpc) is 0.759. The predicted molar refractivity (Wildman–Crippen MR) is 544 cm³/mol. The van der Waals surface area contributed by atoms with Crippen LogP contribution in [-0.4, -0.2) is 255 Å². The van der Waals surface area contributed by atoms with E-state index in [0.717, 1.165) is 66.8 Å². The second-order valence-corrected chi connectivity index (χ2v) is 38.1. The molecule has 12 aromatic rings. The van der Waals surface area contributed by atoms with Crippen molar-refractivity contribution < 1.29 is 144 Å². The summed E-state index contributed by atoms with van der Waals surface area (Å²) in [5.74, 6) is 0. The summed E-state index contributed by atoms with van der Waals surface area (Å²) >= 11 is 0. The number of hydrogen-bond acceptors (Lipinski definition) is 30. The molecule has 30 nitrogen and oxygen atoms in total. The molecule has 8 heterocycles. The van der Waals surface area contributed by atoms with Gasteiger partial charge in [-0.3, -0.25) is 0 Å². The Morgan fingerprint density at radius 1 is 0.127 bits per heavy atom. The van der Waals surface area contributed by atoms with Crippen molar-refractivity contribution in [1.82, 2.24) is 0 Å². The molecule has 8 fully saturated rings. The Bertz CT molecular complexity index is 4900. The molecule has 0 unspecified atom stereocenters. The molecule has 0 saturated carbocycles. The molecular formula is C120H132O30. The maximum Gasteiger partial charge on any atom is 0.187 e. The monoisotopic (exact) mass is 2050 g/mol. The van der Waals surface area contributed by atoms with Crippen LogP contribution in [0.15, 0.2) is 364 Å². The number of aliphatic hydroxyl groups is 6. The van der Waals surface area contributed by atoms with Crippen molar-refractivity contribution >= 4 is 0 Å². The van der Waals surface area contributed by atoms with Gasteiger partial charge in [0.05, 0.1) is 119 Å². The van der Waals surface area contributed by atoms with Crippen LogP contribution in [0.25, 0.3) is 0 Å². The first kappa shape index (κ1) is 108. The highest BCUT2D eigenvalue weighted by atomic mass is 16.8. The zero-order valence-electron chi connectivity index (χ0n) is 83.2. The standard InChI is InChI=1S/C120H132O30/c121-61-91-97-103(127-67-79-37-13-1-14-38-79)109(133-73-85-49-25-7-26-50-85)115(139-91)146-98-92(62-122)141-117(111(135-75-87-53-29-9-30-54-87)104(98)128-68-80-39-15-2-16-40-80)148-100-94(64-124)143-119(113(137-77-89-57-33-11-34-58-89)106(100)130-70-82-43-19-4-20-44-82)150-102-96(66-126)144-120(114(138-78-90-59-35-12-36-60-90)108(102)132-72-84-47-23-6-24-48-84)149-101-95(65-125)142-118(112(136-76-88-55-31-10-32-56-88)107(101)131-71-83-45-21-5-22-46-83)147-99-93(63-123)140-116(145-97)110(134-74-86-51-27-8-28-52-86)105(99)129-69-81-41-17-3-18-42-81/h1-60,91-126H,61-78H2/t91-,92-,93-,94-,95-,96-,97-,98-,99-,100-,101-,102-,103+,104+,105+,106+,107+,108+,109-,110-,111-,112-,113-,114+,115-,116-,117-,118-,119-,120-/m1/s1. The summed E-state index contributed by atoms with van der Waals surface area (Å²) in [7, 11) is 0. The van der Waals surface area contributed by atoms with Crippen LogP contribution in [0.5, 0.6) is 0 Å². The van der Waals surface area contributed by atoms with Gasteiger partial charge in [-0.15, -0.1) is 0 Å². The van der Waals surface area contributed by atoms with Crippen molar-refractivity contribution in [2.24, 2.45) is 0 Å². The van der Waals surface area contributed by atoms with E-state index < -0.39 is 224 Å². The minimum absolute atomic E-state index is 0.0991. The third-order valence-electron chi connectivity index (χ3n) is 27.8. The van der Waals surface area contributed by atoms with E-state index in [1.54, 1.807) is 0 Å². The summed E-state index contributed by atoms with van der Waals surface area (Å²) in [5.41, 5.74) is 8.71. The number of aliphatic hydroxyl groups excluding tert-OH is 6. The molecule has 8 aliphatic rings. The van der Waals surface area contributed by atoms with E-state index >= 15 is 0 Å². The molecule has 20 rings (SSSR count). The number of ether oxygens (including phenoxy) is 24. The topological polar surface area (TPSA) is 343 Å². The minimum atomic E-state index is -1.65. The molecule has 30 atom stereocenters. The number of benzene rings is 12. The Kier molecular flexibility index (Phi) is 39.8. The van der Waals surface area contributed by atoms with Crippen LogP contribution in [0.3, 0.4) is 0 Å². The van der Waals surface area contributed by atoms with Crippen LogP contribution in [0.1, 0.15) is 66.8 Å². The summed E-state index contributed by atoms with van der Waals surface area (Å²) in [6.45, 7) is -5.96. The van der Waals surface area contributed by atoms with Gasteiger partial charge in [0.2, 0.25) is 0 Å². The number of fused-ring (bicyclic) bond motifs is 2. The molecule has 8 saturated heterocycles. The van der Waals surface area contributed by atoms with Crippen molar-refractivity contribution in [2.75, 3.05) is 39.6 Å². The van der Waals surface area contributed by atoms with Crippen molar-refractivity contribution in [2.45, 2.75) is 264 Å². The predicted octanol–water partition coefficient (Wildman–Crippen LogP) is 13.6. The maximum atomic E-state index is 12.6. The molecule has 0 spiro atoms. The summed E-state index contributed by atoms with van der Waals surface area (Å²) in [6, 6.07) is 114. The fourth-order valence-electron chi connectivity index (χ4n) is 20.1. The molecule has 150 heavy (non-hydrogen) atoms. The lowest BCUT2D eigenvalue weighted by Gasteiger charge is -2.53. The Balaban J connectivity index is 0.814. The van der Waals surface area contributed by atoms with Gasteiger partial charge < -0.3 is 144 Å². The molecule has 792 valence electrons. The molecule has 12 bridgehead atoms. The Labute approximate surface area is 873 Å². The van der Waals surface area contributed by atoms with Crippen LogP contribution in [0.2, 0.25) is 0 Å². The minimum Gasteiger partial charge on any atom is -0.394 e. The summed E-state index contributed by atoms with van der Waals surface area (Å²) in [4.78, 5) is 0. The fraction of sp³-hybridized carbons (Fsp3) is 0.400. The van der Waals surface area contributed by atoms with Crippen LogP contribution < -0.4 is 0 Å². The molecule has 30 heteroatoms. The van der Waals surface area contributed by atoms with Crippen molar-refractivity contribution in [3.8, 4) is 0 Å². The van der Waals surface area contributed by atoms with Gasteiger partial charge in [0, 0.05) is 0 Å². The summed E-state index contributed by atoms with van der Waals surface area (Å²) < 4.78 is 179. The lowest BCUT2D eigenvalue weighted by atomic mass is 9.93. The Hall–Kier alpha value is -10.6. The Morgan fingerprint density at radius 3 is 0.313 bits per heavy atom. The third-order valence-corrected chi connectivity index (χ3v) is 27.8. The Morgan fingerprint density at radius 2 is 0.220 bits per heavy atom. The van der Waals surface area contributed by atoms with Gasteiger partial charge in [-0.05, 0) is 66.8 Å². The highest BCUT2D eigenvalue weighted by Gasteiger charge is 2.63. The van der Waals surface area contributed by atoms with Gasteiger partial charge in [-0.1, -0.05) is 364 Å². The van der Waals surface area contributed by atoms with Crippen molar-refractivity contribution in [1.29, 1.82) is 0 Å². The van der Waals surface area contributed by atoms with Gasteiger partial charge in [-0.2, -0.15) is 0 Å². The van der Waals surface area contributed by atoms with E-state index in [9.17, 15) is 30.6 Å². The number of hydrogen-bond donors (Lipinski definition) is 6. The first-order chi connectivity index (χ1) is 74.1. The van der Waals surface area contributed by atoms with Gasteiger partial charge in [0.15, 0.2) is 37.7 Å². The molecule has 0 aromatic heterocycles. The van der Waals surface area contributed by atoms with Crippen molar-refractivity contribution in [3.63, 3.8) is 0 Å². The average molecular weight is 2050 g/mol. The summed E-state index contributed by atoms with van der Waals surface area (Å²) in [6.07, 6.45) is -44.3. The van der Waals surface area contributed by atoms with E-state index in [2.05, 4.69) is 0 Å². The molecule has 0 radical (unpaired) electrons. The van der Waals surface area contributed by atoms with Gasteiger partial charge >= 0.3 is 0 Å². The lowest BCUT2D eigenvalue weighted by molar-refractivity contribution is -0.416. The zero-order valence-corrected chi connectivity index (χ0v) is 83.2. The molecule has 8 aliphatic heterocycles. The zero-order chi connectivity index (χ0) is 102. The van der Waals surface area contributed by atoms with E-state index in [0.29, 0.717) is 0 Å². The van der Waals surface area contributed by atoms with E-state index in [1.165, 1.54) is 0 Å². The van der Waals surface area contributed by atoms with E-state index in [1.807, 2.05) is 364 Å². The second-order valence-electron chi connectivity index (χ2n) is 38.1. The van der Waals surface area contributed by atoms with Crippen LogP contribution in [0.4, 0.5) is 0 Å². The van der Waals surface area contributed by atoms with Gasteiger partial charge in [-0.25, -0.2) is 0 Å². The smallest absolute Gasteiger partial charge is 0.187 e. The highest BCUT2D eigenvalue weighted by molar-refractivity contribution is 5.25. The maximum absolute atomic E-state index is 12.6. The first-order valence-corrected chi connectivity index (χ1v) is 51.5. The van der Waals surface area contributed by atoms with E-state index in [-0.39, 0.29) is 79.3 Å². The molecule has 6 N–H and O–H groups in total. The number of rotatable bonds is 42. The quantitative estimate of drug-likeness (QED) is 0.0207. The van der Waals surface area contributed by atoms with E-state index in [4.69, 9.17) is 114 Å². The first-order valence-electron chi connectivity index (χ1n) is 51.5.